The number of hydrogen-bond acceptors (Lipinski definition) is 2. The summed E-state index contributed by atoms with van der Waals surface area (Å²) < 4.78 is 18.2. The Kier molecular flexibility index (Phi) is 5.74. The van der Waals surface area contributed by atoms with Crippen LogP contribution in [0.1, 0.15) is 16.7 Å². The van der Waals surface area contributed by atoms with Crippen LogP contribution >= 0.6 is 0 Å². The van der Waals surface area contributed by atoms with E-state index in [-0.39, 0.29) is 11.7 Å². The van der Waals surface area contributed by atoms with Gasteiger partial charge in [0.1, 0.15) is 11.6 Å². The number of aryl methyl sites for hydroxylation is 1. The minimum atomic E-state index is -0.244. The first-order valence-electron chi connectivity index (χ1n) is 7.61. The maximum atomic E-state index is 12.9. The van der Waals surface area contributed by atoms with Crippen molar-refractivity contribution in [3.8, 4) is 5.75 Å². The Labute approximate surface area is 136 Å². The Hall–Kier alpha value is -2.36. The van der Waals surface area contributed by atoms with Crippen molar-refractivity contribution in [3.63, 3.8) is 0 Å². The van der Waals surface area contributed by atoms with Gasteiger partial charge in [-0.25, -0.2) is 4.39 Å². The van der Waals surface area contributed by atoms with Crippen LogP contribution in [-0.4, -0.2) is 31.5 Å². The first-order chi connectivity index (χ1) is 11.0. The number of benzene rings is 2. The number of methoxy groups -OCH3 is 1. The zero-order chi connectivity index (χ0) is 16.8. The van der Waals surface area contributed by atoms with E-state index >= 15 is 0 Å². The van der Waals surface area contributed by atoms with Crippen LogP contribution in [0.4, 0.5) is 4.39 Å². The van der Waals surface area contributed by atoms with Gasteiger partial charge in [-0.3, -0.25) is 4.79 Å². The van der Waals surface area contributed by atoms with Crippen molar-refractivity contribution >= 4 is 5.91 Å². The molecule has 0 bridgehead atoms. The van der Waals surface area contributed by atoms with Crippen molar-refractivity contribution in [2.24, 2.45) is 0 Å². The molecule has 0 spiro atoms. The Bertz CT molecular complexity index is 668. The third-order valence-corrected chi connectivity index (χ3v) is 3.90. The van der Waals surface area contributed by atoms with E-state index in [1.807, 2.05) is 25.1 Å². The molecule has 0 radical (unpaired) electrons. The monoisotopic (exact) mass is 315 g/mol. The van der Waals surface area contributed by atoms with E-state index in [0.29, 0.717) is 19.4 Å². The summed E-state index contributed by atoms with van der Waals surface area (Å²) in [6.45, 7) is 2.58. The molecule has 2 aromatic rings. The van der Waals surface area contributed by atoms with Crippen molar-refractivity contribution < 1.29 is 13.9 Å². The van der Waals surface area contributed by atoms with E-state index < -0.39 is 0 Å². The Morgan fingerprint density at radius 1 is 1.13 bits per heavy atom. The summed E-state index contributed by atoms with van der Waals surface area (Å²) in [4.78, 5) is 14.0. The molecular formula is C19H22FNO2. The zero-order valence-corrected chi connectivity index (χ0v) is 13.8. The molecule has 122 valence electrons. The van der Waals surface area contributed by atoms with Crippen molar-refractivity contribution in [1.29, 1.82) is 0 Å². The van der Waals surface area contributed by atoms with Crippen LogP contribution in [0.25, 0.3) is 0 Å². The third-order valence-electron chi connectivity index (χ3n) is 3.90. The van der Waals surface area contributed by atoms with Crippen molar-refractivity contribution in [2.45, 2.75) is 19.8 Å². The molecule has 0 aliphatic carbocycles. The summed E-state index contributed by atoms with van der Waals surface area (Å²) in [6, 6.07) is 12.2. The second kappa shape index (κ2) is 7.77. The van der Waals surface area contributed by atoms with Crippen LogP contribution in [0.3, 0.4) is 0 Å². The highest BCUT2D eigenvalue weighted by atomic mass is 19.1. The molecule has 0 saturated heterocycles. The van der Waals surface area contributed by atoms with Crippen LogP contribution in [-0.2, 0) is 17.6 Å². The second-order valence-electron chi connectivity index (χ2n) is 5.67. The molecule has 23 heavy (non-hydrogen) atoms. The van der Waals surface area contributed by atoms with Crippen molar-refractivity contribution in [1.82, 2.24) is 4.90 Å². The summed E-state index contributed by atoms with van der Waals surface area (Å²) in [5, 5.41) is 0. The van der Waals surface area contributed by atoms with Gasteiger partial charge in [-0.15, -0.1) is 0 Å². The molecule has 0 unspecified atom stereocenters. The lowest BCUT2D eigenvalue weighted by atomic mass is 10.1. The highest BCUT2D eigenvalue weighted by Crippen LogP contribution is 2.19. The van der Waals surface area contributed by atoms with E-state index in [9.17, 15) is 9.18 Å². The summed E-state index contributed by atoms with van der Waals surface area (Å²) in [5.74, 6) is 0.605. The fourth-order valence-corrected chi connectivity index (χ4v) is 2.36. The number of amides is 1. The summed E-state index contributed by atoms with van der Waals surface area (Å²) in [6.07, 6.45) is 1.05. The van der Waals surface area contributed by atoms with E-state index in [2.05, 4.69) is 0 Å². The average Bonchev–Trinajstić information content (AvgIpc) is 2.55. The standard InChI is InChI=1S/C19H22FNO2/c1-14-4-5-16(12-18(14)23-3)13-19(22)21(2)11-10-15-6-8-17(20)9-7-15/h4-9,12H,10-11,13H2,1-3H3. The van der Waals surface area contributed by atoms with E-state index in [1.54, 1.807) is 31.2 Å². The summed E-state index contributed by atoms with van der Waals surface area (Å²) >= 11 is 0. The normalized spacial score (nSPS) is 10.4. The molecule has 0 N–H and O–H groups in total. The van der Waals surface area contributed by atoms with Crippen molar-refractivity contribution in [3.05, 3.63) is 65.0 Å². The summed E-state index contributed by atoms with van der Waals surface area (Å²) in [7, 11) is 3.42. The largest absolute Gasteiger partial charge is 0.496 e. The van der Waals surface area contributed by atoms with Crippen LogP contribution in [0, 0.1) is 12.7 Å². The number of carbonyl (C=O) groups excluding carboxylic acids is 1. The molecule has 3 nitrogen and oxygen atoms in total. The number of rotatable bonds is 6. The first kappa shape index (κ1) is 17.0. The fraction of sp³-hybridized carbons (Fsp3) is 0.316. The van der Waals surface area contributed by atoms with Crippen LogP contribution < -0.4 is 4.74 Å². The lowest BCUT2D eigenvalue weighted by Gasteiger charge is -2.17. The van der Waals surface area contributed by atoms with Gasteiger partial charge >= 0.3 is 0 Å². The summed E-state index contributed by atoms with van der Waals surface area (Å²) in [5.41, 5.74) is 3.00. The minimum Gasteiger partial charge on any atom is -0.496 e. The van der Waals surface area contributed by atoms with Gasteiger partial charge in [0.25, 0.3) is 0 Å². The predicted molar refractivity (Wildman–Crippen MR) is 89.2 cm³/mol. The Morgan fingerprint density at radius 2 is 1.78 bits per heavy atom. The molecular weight excluding hydrogens is 293 g/mol. The van der Waals surface area contributed by atoms with E-state index in [1.165, 1.54) is 12.1 Å². The first-order valence-corrected chi connectivity index (χ1v) is 7.61. The average molecular weight is 315 g/mol. The van der Waals surface area contributed by atoms with Crippen LogP contribution in [0.5, 0.6) is 5.75 Å². The number of carbonyl (C=O) groups is 1. The van der Waals surface area contributed by atoms with Gasteiger partial charge in [0, 0.05) is 13.6 Å². The molecule has 0 aliphatic rings. The number of likely N-dealkylation sites (N-methyl/N-ethyl adjacent to an activating group) is 1. The van der Waals surface area contributed by atoms with Crippen LogP contribution in [0.2, 0.25) is 0 Å². The van der Waals surface area contributed by atoms with E-state index in [4.69, 9.17) is 4.74 Å². The maximum Gasteiger partial charge on any atom is 0.226 e. The van der Waals surface area contributed by atoms with Gasteiger partial charge in [-0.1, -0.05) is 24.3 Å². The van der Waals surface area contributed by atoms with Gasteiger partial charge in [0.15, 0.2) is 0 Å². The van der Waals surface area contributed by atoms with Gasteiger partial charge < -0.3 is 9.64 Å². The lowest BCUT2D eigenvalue weighted by Crippen LogP contribution is -2.30. The quantitative estimate of drug-likeness (QED) is 0.818. The van der Waals surface area contributed by atoms with E-state index in [0.717, 1.165) is 22.4 Å². The Morgan fingerprint density at radius 3 is 2.43 bits per heavy atom. The fourth-order valence-electron chi connectivity index (χ4n) is 2.36. The van der Waals surface area contributed by atoms with Gasteiger partial charge in [0.05, 0.1) is 13.5 Å². The molecule has 0 heterocycles. The molecule has 0 fully saturated rings. The lowest BCUT2D eigenvalue weighted by molar-refractivity contribution is -0.129. The van der Waals surface area contributed by atoms with Crippen LogP contribution in [0.15, 0.2) is 42.5 Å². The predicted octanol–water partition coefficient (Wildman–Crippen LogP) is 3.39. The van der Waals surface area contributed by atoms with Gasteiger partial charge in [-0.2, -0.15) is 0 Å². The van der Waals surface area contributed by atoms with Gasteiger partial charge in [-0.05, 0) is 48.2 Å². The number of hydrogen-bond donors (Lipinski definition) is 0. The number of halogens is 1. The second-order valence-corrected chi connectivity index (χ2v) is 5.67. The molecule has 0 saturated carbocycles. The highest BCUT2D eigenvalue weighted by Gasteiger charge is 2.11. The molecule has 0 atom stereocenters. The molecule has 0 aliphatic heterocycles. The van der Waals surface area contributed by atoms with Crippen molar-refractivity contribution in [2.75, 3.05) is 20.7 Å². The highest BCUT2D eigenvalue weighted by molar-refractivity contribution is 5.78. The molecule has 0 aromatic heterocycles. The SMILES string of the molecule is COc1cc(CC(=O)N(C)CCc2ccc(F)cc2)ccc1C. The topological polar surface area (TPSA) is 29.5 Å². The smallest absolute Gasteiger partial charge is 0.226 e. The third kappa shape index (κ3) is 4.81. The number of nitrogens with zero attached hydrogens (tertiary/aromatic N) is 1. The zero-order valence-electron chi connectivity index (χ0n) is 13.8. The number of ether oxygens (including phenoxy) is 1. The molecule has 1 amide bonds. The molecule has 4 heteroatoms. The van der Waals surface area contributed by atoms with Gasteiger partial charge in [0.2, 0.25) is 5.91 Å². The molecule has 2 rings (SSSR count). The minimum absolute atomic E-state index is 0.0537. The maximum absolute atomic E-state index is 12.9. The molecule has 2 aromatic carbocycles. The Balaban J connectivity index is 1.90.